The van der Waals surface area contributed by atoms with Gasteiger partial charge in [-0.2, -0.15) is 0 Å². The van der Waals surface area contributed by atoms with Crippen molar-refractivity contribution in [3.05, 3.63) is 94.0 Å². The predicted molar refractivity (Wildman–Crippen MR) is 147 cm³/mol. The van der Waals surface area contributed by atoms with Crippen molar-refractivity contribution in [1.29, 1.82) is 0 Å². The predicted octanol–water partition coefficient (Wildman–Crippen LogP) is 5.05. The zero-order chi connectivity index (χ0) is 27.2. The van der Waals surface area contributed by atoms with E-state index < -0.39 is 28.5 Å². The van der Waals surface area contributed by atoms with Crippen LogP contribution in [0.3, 0.4) is 0 Å². The van der Waals surface area contributed by atoms with E-state index in [-0.39, 0.29) is 17.3 Å². The lowest BCUT2D eigenvalue weighted by Crippen LogP contribution is -2.51. The molecule has 10 heteroatoms. The number of nitrogens with zero attached hydrogens (tertiary/aromatic N) is 2. The standard InChI is InChI=1S/C27H29Cl2N3O4S/c1-4-25(27(34)30-3)31(17-20-9-5-6-11-24(20)29)26(33)18-32(22-10-7-8-19(2)16-22)37(35,36)23-14-12-21(28)13-15-23/h5-16,25H,4,17-18H2,1-3H3,(H,30,34)/t25-/m1/s1. The molecule has 0 spiro atoms. The quantitative estimate of drug-likeness (QED) is 0.375. The fourth-order valence-corrected chi connectivity index (χ4v) is 5.67. The summed E-state index contributed by atoms with van der Waals surface area (Å²) in [6.07, 6.45) is 0.324. The van der Waals surface area contributed by atoms with Crippen LogP contribution < -0.4 is 9.62 Å². The van der Waals surface area contributed by atoms with E-state index in [0.29, 0.717) is 27.7 Å². The number of nitrogens with one attached hydrogen (secondary N) is 1. The zero-order valence-corrected chi connectivity index (χ0v) is 23.1. The van der Waals surface area contributed by atoms with Gasteiger partial charge in [0.05, 0.1) is 10.6 Å². The number of sulfonamides is 1. The fourth-order valence-electron chi connectivity index (χ4n) is 3.94. The van der Waals surface area contributed by atoms with E-state index in [0.717, 1.165) is 9.87 Å². The Morgan fingerprint density at radius 2 is 1.65 bits per heavy atom. The van der Waals surface area contributed by atoms with Crippen molar-refractivity contribution in [2.45, 2.75) is 37.8 Å². The Kier molecular flexibility index (Phi) is 9.59. The molecular weight excluding hydrogens is 533 g/mol. The molecule has 3 aromatic carbocycles. The number of halogens is 2. The Bertz CT molecular complexity index is 1360. The lowest BCUT2D eigenvalue weighted by molar-refractivity contribution is -0.140. The van der Waals surface area contributed by atoms with Crippen molar-refractivity contribution in [3.8, 4) is 0 Å². The number of carbonyl (C=O) groups excluding carboxylic acids is 2. The summed E-state index contributed by atoms with van der Waals surface area (Å²) in [5.74, 6) is -0.903. The summed E-state index contributed by atoms with van der Waals surface area (Å²) in [6.45, 7) is 3.13. The number of rotatable bonds is 10. The number of likely N-dealkylation sites (N-methyl/N-ethyl adjacent to an activating group) is 1. The summed E-state index contributed by atoms with van der Waals surface area (Å²) < 4.78 is 28.6. The molecule has 0 aromatic heterocycles. The van der Waals surface area contributed by atoms with Gasteiger partial charge in [-0.15, -0.1) is 0 Å². The second-order valence-electron chi connectivity index (χ2n) is 8.46. The highest BCUT2D eigenvalue weighted by atomic mass is 35.5. The van der Waals surface area contributed by atoms with Crippen LogP contribution in [-0.2, 0) is 26.2 Å². The van der Waals surface area contributed by atoms with Crippen LogP contribution in [0.15, 0.2) is 77.7 Å². The van der Waals surface area contributed by atoms with Gasteiger partial charge in [0.25, 0.3) is 10.0 Å². The van der Waals surface area contributed by atoms with Gasteiger partial charge in [-0.1, -0.05) is 60.5 Å². The number of hydrogen-bond donors (Lipinski definition) is 1. The normalized spacial score (nSPS) is 12.0. The van der Waals surface area contributed by atoms with Gasteiger partial charge in [-0.3, -0.25) is 13.9 Å². The van der Waals surface area contributed by atoms with Crippen LogP contribution in [0, 0.1) is 6.92 Å². The van der Waals surface area contributed by atoms with Gasteiger partial charge >= 0.3 is 0 Å². The molecule has 0 fully saturated rings. The third-order valence-corrected chi connectivity index (χ3v) is 8.31. The first-order valence-corrected chi connectivity index (χ1v) is 13.9. The van der Waals surface area contributed by atoms with Gasteiger partial charge in [0.15, 0.2) is 0 Å². The molecule has 196 valence electrons. The van der Waals surface area contributed by atoms with Gasteiger partial charge in [0.2, 0.25) is 11.8 Å². The highest BCUT2D eigenvalue weighted by Gasteiger charge is 2.33. The Hall–Kier alpha value is -3.07. The molecule has 37 heavy (non-hydrogen) atoms. The molecule has 0 unspecified atom stereocenters. The molecular formula is C27H29Cl2N3O4S. The Morgan fingerprint density at radius 1 is 0.973 bits per heavy atom. The van der Waals surface area contributed by atoms with Gasteiger partial charge in [-0.05, 0) is 66.9 Å². The van der Waals surface area contributed by atoms with E-state index in [1.165, 1.54) is 36.2 Å². The zero-order valence-electron chi connectivity index (χ0n) is 20.8. The summed E-state index contributed by atoms with van der Waals surface area (Å²) in [5, 5.41) is 3.42. The average Bonchev–Trinajstić information content (AvgIpc) is 2.88. The molecule has 3 aromatic rings. The van der Waals surface area contributed by atoms with E-state index in [1.54, 1.807) is 49.4 Å². The Balaban J connectivity index is 2.07. The number of aryl methyl sites for hydroxylation is 1. The minimum Gasteiger partial charge on any atom is -0.357 e. The molecule has 0 saturated heterocycles. The van der Waals surface area contributed by atoms with E-state index in [4.69, 9.17) is 23.2 Å². The van der Waals surface area contributed by atoms with Crippen LogP contribution in [0.1, 0.15) is 24.5 Å². The largest absolute Gasteiger partial charge is 0.357 e. The molecule has 0 aliphatic heterocycles. The molecule has 3 rings (SSSR count). The lowest BCUT2D eigenvalue weighted by atomic mass is 10.1. The van der Waals surface area contributed by atoms with Crippen LogP contribution >= 0.6 is 23.2 Å². The summed E-state index contributed by atoms with van der Waals surface area (Å²) in [7, 11) is -2.66. The highest BCUT2D eigenvalue weighted by molar-refractivity contribution is 7.92. The molecule has 0 bridgehead atoms. The van der Waals surface area contributed by atoms with Gasteiger partial charge in [0, 0.05) is 23.6 Å². The molecule has 0 radical (unpaired) electrons. The average molecular weight is 563 g/mol. The first-order chi connectivity index (χ1) is 17.6. The van der Waals surface area contributed by atoms with Gasteiger partial charge in [0.1, 0.15) is 12.6 Å². The monoisotopic (exact) mass is 561 g/mol. The first-order valence-electron chi connectivity index (χ1n) is 11.7. The van der Waals surface area contributed by atoms with Crippen LogP contribution in [0.2, 0.25) is 10.0 Å². The first kappa shape index (κ1) is 28.5. The van der Waals surface area contributed by atoms with Gasteiger partial charge in [-0.25, -0.2) is 8.42 Å². The lowest BCUT2D eigenvalue weighted by Gasteiger charge is -2.33. The fraction of sp³-hybridized carbons (Fsp3) is 0.259. The third kappa shape index (κ3) is 6.83. The van der Waals surface area contributed by atoms with Crippen LogP contribution in [0.5, 0.6) is 0 Å². The number of hydrogen-bond acceptors (Lipinski definition) is 4. The molecule has 1 atom stereocenters. The van der Waals surface area contributed by atoms with Crippen molar-refractivity contribution in [3.63, 3.8) is 0 Å². The maximum atomic E-state index is 13.9. The Morgan fingerprint density at radius 3 is 2.24 bits per heavy atom. The minimum atomic E-state index is -4.15. The number of anilines is 1. The van der Waals surface area contributed by atoms with E-state index in [2.05, 4.69) is 5.32 Å². The molecule has 1 N–H and O–H groups in total. The topological polar surface area (TPSA) is 86.8 Å². The maximum absolute atomic E-state index is 13.9. The minimum absolute atomic E-state index is 0.0118. The van der Waals surface area contributed by atoms with Crippen molar-refractivity contribution < 1.29 is 18.0 Å². The summed E-state index contributed by atoms with van der Waals surface area (Å²) in [6, 6.07) is 18.8. The maximum Gasteiger partial charge on any atom is 0.264 e. The molecule has 0 heterocycles. The third-order valence-electron chi connectivity index (χ3n) is 5.90. The van der Waals surface area contributed by atoms with Crippen molar-refractivity contribution in [1.82, 2.24) is 10.2 Å². The molecule has 0 aliphatic rings. The van der Waals surface area contributed by atoms with Crippen LogP contribution in [0.25, 0.3) is 0 Å². The number of benzene rings is 3. The molecule has 2 amide bonds. The second-order valence-corrected chi connectivity index (χ2v) is 11.2. The number of amides is 2. The summed E-state index contributed by atoms with van der Waals surface area (Å²) in [4.78, 5) is 28.0. The molecule has 0 aliphatic carbocycles. The van der Waals surface area contributed by atoms with E-state index >= 15 is 0 Å². The van der Waals surface area contributed by atoms with Crippen molar-refractivity contribution in [2.24, 2.45) is 0 Å². The van der Waals surface area contributed by atoms with Crippen LogP contribution in [-0.4, -0.2) is 44.8 Å². The summed E-state index contributed by atoms with van der Waals surface area (Å²) in [5.41, 5.74) is 1.79. The number of carbonyl (C=O) groups is 2. The summed E-state index contributed by atoms with van der Waals surface area (Å²) >= 11 is 12.3. The molecule has 0 saturated carbocycles. The van der Waals surface area contributed by atoms with E-state index in [1.807, 2.05) is 13.0 Å². The second kappa shape index (κ2) is 12.4. The van der Waals surface area contributed by atoms with Crippen molar-refractivity contribution >= 4 is 50.7 Å². The van der Waals surface area contributed by atoms with Crippen LogP contribution in [0.4, 0.5) is 5.69 Å². The van der Waals surface area contributed by atoms with E-state index in [9.17, 15) is 18.0 Å². The van der Waals surface area contributed by atoms with Crippen molar-refractivity contribution in [2.75, 3.05) is 17.9 Å². The Labute approximate surface area is 228 Å². The smallest absolute Gasteiger partial charge is 0.264 e. The van der Waals surface area contributed by atoms with Gasteiger partial charge < -0.3 is 10.2 Å². The molecule has 7 nitrogen and oxygen atoms in total. The highest BCUT2D eigenvalue weighted by Crippen LogP contribution is 2.27. The SMILES string of the molecule is CC[C@H](C(=O)NC)N(Cc1ccccc1Cl)C(=O)CN(c1cccc(C)c1)S(=O)(=O)c1ccc(Cl)cc1.